The van der Waals surface area contributed by atoms with Crippen molar-refractivity contribution in [2.45, 2.75) is 52.4 Å². The van der Waals surface area contributed by atoms with Crippen molar-refractivity contribution in [2.24, 2.45) is 11.8 Å². The molecule has 16 heavy (non-hydrogen) atoms. The summed E-state index contributed by atoms with van der Waals surface area (Å²) in [6, 6.07) is 0. The van der Waals surface area contributed by atoms with E-state index < -0.39 is 5.92 Å². The Morgan fingerprint density at radius 2 is 1.81 bits per heavy atom. The number of ketones is 3. The number of rotatable bonds is 5. The van der Waals surface area contributed by atoms with Gasteiger partial charge in [0.25, 0.3) is 0 Å². The minimum Gasteiger partial charge on any atom is -0.299 e. The Bertz CT molecular complexity index is 294. The van der Waals surface area contributed by atoms with E-state index in [2.05, 4.69) is 6.92 Å². The van der Waals surface area contributed by atoms with Gasteiger partial charge in [0.2, 0.25) is 0 Å². The third-order valence-electron chi connectivity index (χ3n) is 3.34. The van der Waals surface area contributed by atoms with Crippen molar-refractivity contribution in [1.82, 2.24) is 0 Å². The summed E-state index contributed by atoms with van der Waals surface area (Å²) in [6.07, 6.45) is 4.36. The zero-order valence-electron chi connectivity index (χ0n) is 10.1. The van der Waals surface area contributed by atoms with Crippen LogP contribution in [0.15, 0.2) is 0 Å². The largest absolute Gasteiger partial charge is 0.299 e. The fraction of sp³-hybridized carbons (Fsp3) is 0.769. The molecule has 90 valence electrons. The topological polar surface area (TPSA) is 51.2 Å². The molecule has 0 bridgehead atoms. The van der Waals surface area contributed by atoms with Crippen molar-refractivity contribution in [3.05, 3.63) is 0 Å². The Balaban J connectivity index is 2.69. The van der Waals surface area contributed by atoms with Crippen LogP contribution in [-0.2, 0) is 14.4 Å². The number of Topliss-reactive ketones (excluding diaryl/α,β-unsaturated/α-hetero) is 3. The standard InChI is InChI=1S/C13H20O3/c1-3-4-5-6-10-11(15)7-8-12(16)13(10)9(2)14/h10,13H,3-8H2,1-2H3. The fourth-order valence-electron chi connectivity index (χ4n) is 2.45. The first-order valence-electron chi connectivity index (χ1n) is 6.13. The molecule has 1 aliphatic rings. The van der Waals surface area contributed by atoms with Gasteiger partial charge in [0, 0.05) is 18.8 Å². The van der Waals surface area contributed by atoms with E-state index >= 15 is 0 Å². The second kappa shape index (κ2) is 5.92. The van der Waals surface area contributed by atoms with Crippen LogP contribution in [0.2, 0.25) is 0 Å². The van der Waals surface area contributed by atoms with Crippen molar-refractivity contribution in [2.75, 3.05) is 0 Å². The highest BCUT2D eigenvalue weighted by molar-refractivity contribution is 6.08. The van der Waals surface area contributed by atoms with Gasteiger partial charge < -0.3 is 0 Å². The molecule has 0 radical (unpaired) electrons. The Morgan fingerprint density at radius 3 is 2.38 bits per heavy atom. The molecule has 0 saturated heterocycles. The second-order valence-electron chi connectivity index (χ2n) is 4.62. The Hall–Kier alpha value is -0.990. The highest BCUT2D eigenvalue weighted by Gasteiger charge is 2.39. The molecule has 0 aromatic carbocycles. The zero-order valence-corrected chi connectivity index (χ0v) is 10.1. The van der Waals surface area contributed by atoms with Crippen molar-refractivity contribution < 1.29 is 14.4 Å². The van der Waals surface area contributed by atoms with Gasteiger partial charge in [0.15, 0.2) is 0 Å². The summed E-state index contributed by atoms with van der Waals surface area (Å²) in [4.78, 5) is 34.8. The third-order valence-corrected chi connectivity index (χ3v) is 3.34. The molecule has 2 atom stereocenters. The van der Waals surface area contributed by atoms with E-state index in [-0.39, 0.29) is 29.7 Å². The SMILES string of the molecule is CCCCCC1C(=O)CCC(=O)C1C(C)=O. The van der Waals surface area contributed by atoms with Gasteiger partial charge in [0.05, 0.1) is 5.92 Å². The summed E-state index contributed by atoms with van der Waals surface area (Å²) in [6.45, 7) is 3.52. The van der Waals surface area contributed by atoms with Crippen LogP contribution in [0.5, 0.6) is 0 Å². The predicted octanol–water partition coefficient (Wildman–Crippen LogP) is 2.32. The van der Waals surface area contributed by atoms with E-state index in [0.29, 0.717) is 12.8 Å². The number of carbonyl (C=O) groups is 3. The molecule has 0 aromatic heterocycles. The summed E-state index contributed by atoms with van der Waals surface area (Å²) in [5, 5.41) is 0. The van der Waals surface area contributed by atoms with Gasteiger partial charge in [-0.25, -0.2) is 0 Å². The van der Waals surface area contributed by atoms with Crippen molar-refractivity contribution >= 4 is 17.3 Å². The summed E-state index contributed by atoms with van der Waals surface area (Å²) in [5.74, 6) is -1.03. The number of hydrogen-bond donors (Lipinski definition) is 0. The Labute approximate surface area is 96.6 Å². The van der Waals surface area contributed by atoms with Crippen LogP contribution in [0.3, 0.4) is 0 Å². The predicted molar refractivity (Wildman–Crippen MR) is 61.1 cm³/mol. The molecule has 1 aliphatic carbocycles. The normalized spacial score (nSPS) is 25.9. The van der Waals surface area contributed by atoms with Crippen LogP contribution in [0, 0.1) is 11.8 Å². The summed E-state index contributed by atoms with van der Waals surface area (Å²) in [5.41, 5.74) is 0. The highest BCUT2D eigenvalue weighted by atomic mass is 16.2. The molecule has 0 N–H and O–H groups in total. The third kappa shape index (κ3) is 3.00. The van der Waals surface area contributed by atoms with E-state index in [4.69, 9.17) is 0 Å². The van der Waals surface area contributed by atoms with E-state index in [1.54, 1.807) is 0 Å². The number of hydrogen-bond acceptors (Lipinski definition) is 3. The summed E-state index contributed by atoms with van der Waals surface area (Å²) < 4.78 is 0. The maximum atomic E-state index is 11.7. The molecule has 1 fully saturated rings. The lowest BCUT2D eigenvalue weighted by atomic mass is 9.73. The molecule has 0 aliphatic heterocycles. The molecule has 0 aromatic rings. The molecule has 3 heteroatoms. The monoisotopic (exact) mass is 224 g/mol. The van der Waals surface area contributed by atoms with Gasteiger partial charge in [-0.1, -0.05) is 26.2 Å². The molecule has 0 amide bonds. The van der Waals surface area contributed by atoms with Gasteiger partial charge in [0.1, 0.15) is 17.3 Å². The minimum absolute atomic E-state index is 0.0337. The average Bonchev–Trinajstić information content (AvgIpc) is 2.23. The van der Waals surface area contributed by atoms with Crippen molar-refractivity contribution in [3.63, 3.8) is 0 Å². The summed E-state index contributed by atoms with van der Waals surface area (Å²) in [7, 11) is 0. The lowest BCUT2D eigenvalue weighted by Gasteiger charge is -2.27. The molecule has 0 spiro atoms. The van der Waals surface area contributed by atoms with E-state index in [9.17, 15) is 14.4 Å². The van der Waals surface area contributed by atoms with Crippen LogP contribution < -0.4 is 0 Å². The maximum absolute atomic E-state index is 11.7. The Morgan fingerprint density at radius 1 is 1.19 bits per heavy atom. The van der Waals surface area contributed by atoms with Gasteiger partial charge in [-0.15, -0.1) is 0 Å². The first-order chi connectivity index (χ1) is 7.57. The first-order valence-corrected chi connectivity index (χ1v) is 6.13. The van der Waals surface area contributed by atoms with Crippen LogP contribution in [0.4, 0.5) is 0 Å². The average molecular weight is 224 g/mol. The molecular weight excluding hydrogens is 204 g/mol. The molecule has 1 saturated carbocycles. The van der Waals surface area contributed by atoms with Gasteiger partial charge in [-0.3, -0.25) is 14.4 Å². The van der Waals surface area contributed by atoms with Crippen LogP contribution in [-0.4, -0.2) is 17.3 Å². The molecule has 0 heterocycles. The number of unbranched alkanes of at least 4 members (excludes halogenated alkanes) is 2. The molecule has 1 rings (SSSR count). The van der Waals surface area contributed by atoms with Gasteiger partial charge in [-0.2, -0.15) is 0 Å². The summed E-state index contributed by atoms with van der Waals surface area (Å²) >= 11 is 0. The first kappa shape index (κ1) is 13.1. The fourth-order valence-corrected chi connectivity index (χ4v) is 2.45. The second-order valence-corrected chi connectivity index (χ2v) is 4.62. The van der Waals surface area contributed by atoms with E-state index in [1.807, 2.05) is 0 Å². The lowest BCUT2D eigenvalue weighted by molar-refractivity contribution is -0.144. The highest BCUT2D eigenvalue weighted by Crippen LogP contribution is 2.29. The van der Waals surface area contributed by atoms with E-state index in [0.717, 1.165) is 19.3 Å². The van der Waals surface area contributed by atoms with Gasteiger partial charge in [-0.05, 0) is 13.3 Å². The van der Waals surface area contributed by atoms with Crippen molar-refractivity contribution in [3.8, 4) is 0 Å². The quantitative estimate of drug-likeness (QED) is 0.532. The molecule has 3 nitrogen and oxygen atoms in total. The zero-order chi connectivity index (χ0) is 12.1. The van der Waals surface area contributed by atoms with Gasteiger partial charge >= 0.3 is 0 Å². The smallest absolute Gasteiger partial charge is 0.144 e. The minimum atomic E-state index is -0.641. The van der Waals surface area contributed by atoms with Crippen LogP contribution in [0.25, 0.3) is 0 Å². The maximum Gasteiger partial charge on any atom is 0.144 e. The van der Waals surface area contributed by atoms with E-state index in [1.165, 1.54) is 6.92 Å². The van der Waals surface area contributed by atoms with Crippen LogP contribution in [0.1, 0.15) is 52.4 Å². The Kier molecular flexibility index (Phi) is 4.84. The van der Waals surface area contributed by atoms with Crippen LogP contribution >= 0.6 is 0 Å². The number of carbonyl (C=O) groups excluding carboxylic acids is 3. The molecule has 2 unspecified atom stereocenters. The lowest BCUT2D eigenvalue weighted by Crippen LogP contribution is -2.39. The van der Waals surface area contributed by atoms with Crippen molar-refractivity contribution in [1.29, 1.82) is 0 Å². The molecular formula is C13H20O3.